The number of rotatable bonds is 7. The standard InChI is InChI=1S/C22H20N2O4S2/c1-13-19(30-22(24-13)16-6-5-15(26-2)9-18(16)27-3)10-21(25)28-11-14-4-7-17-20(8-14)29-12-23-17/h4-9,12H,10-11H2,1-3H3. The third kappa shape index (κ3) is 4.29. The van der Waals surface area contributed by atoms with Crippen LogP contribution in [0.3, 0.4) is 0 Å². The highest BCUT2D eigenvalue weighted by molar-refractivity contribution is 7.16. The van der Waals surface area contributed by atoms with Crippen LogP contribution >= 0.6 is 22.7 Å². The fourth-order valence-electron chi connectivity index (χ4n) is 3.02. The minimum absolute atomic E-state index is 0.185. The van der Waals surface area contributed by atoms with E-state index in [9.17, 15) is 4.79 Å². The second-order valence-electron chi connectivity index (χ2n) is 6.59. The molecule has 0 aliphatic rings. The van der Waals surface area contributed by atoms with E-state index < -0.39 is 0 Å². The van der Waals surface area contributed by atoms with E-state index in [0.29, 0.717) is 11.5 Å². The fraction of sp³-hybridized carbons (Fsp3) is 0.227. The molecule has 4 rings (SSSR count). The fourth-order valence-corrected chi connectivity index (χ4v) is 4.84. The summed E-state index contributed by atoms with van der Waals surface area (Å²) in [7, 11) is 3.22. The maximum absolute atomic E-state index is 12.4. The van der Waals surface area contributed by atoms with Gasteiger partial charge in [0.2, 0.25) is 0 Å². The first-order chi connectivity index (χ1) is 14.6. The Balaban J connectivity index is 1.45. The minimum atomic E-state index is -0.278. The van der Waals surface area contributed by atoms with E-state index >= 15 is 0 Å². The molecule has 154 valence electrons. The average molecular weight is 441 g/mol. The van der Waals surface area contributed by atoms with Gasteiger partial charge in [-0.3, -0.25) is 4.79 Å². The van der Waals surface area contributed by atoms with E-state index in [4.69, 9.17) is 14.2 Å². The van der Waals surface area contributed by atoms with Crippen molar-refractivity contribution in [2.24, 2.45) is 0 Å². The Morgan fingerprint density at radius 2 is 1.97 bits per heavy atom. The molecule has 0 unspecified atom stereocenters. The number of benzene rings is 2. The molecule has 0 saturated heterocycles. The zero-order chi connectivity index (χ0) is 21.1. The highest BCUT2D eigenvalue weighted by atomic mass is 32.1. The van der Waals surface area contributed by atoms with Crippen molar-refractivity contribution in [3.8, 4) is 22.1 Å². The molecule has 0 N–H and O–H groups in total. The van der Waals surface area contributed by atoms with Gasteiger partial charge in [0.25, 0.3) is 0 Å². The van der Waals surface area contributed by atoms with Gasteiger partial charge in [-0.05, 0) is 36.8 Å². The smallest absolute Gasteiger partial charge is 0.311 e. The van der Waals surface area contributed by atoms with Gasteiger partial charge < -0.3 is 14.2 Å². The lowest BCUT2D eigenvalue weighted by Crippen LogP contribution is -2.07. The van der Waals surface area contributed by atoms with Crippen LogP contribution in [0, 0.1) is 6.92 Å². The van der Waals surface area contributed by atoms with Crippen molar-refractivity contribution < 1.29 is 19.0 Å². The summed E-state index contributed by atoms with van der Waals surface area (Å²) in [5.74, 6) is 1.11. The second-order valence-corrected chi connectivity index (χ2v) is 8.56. The van der Waals surface area contributed by atoms with Crippen molar-refractivity contribution in [1.29, 1.82) is 0 Å². The molecule has 0 saturated carbocycles. The second kappa shape index (κ2) is 8.81. The molecule has 0 spiro atoms. The zero-order valence-electron chi connectivity index (χ0n) is 16.8. The summed E-state index contributed by atoms with van der Waals surface area (Å²) in [6, 6.07) is 11.5. The maximum Gasteiger partial charge on any atom is 0.311 e. The number of methoxy groups -OCH3 is 2. The van der Waals surface area contributed by atoms with Gasteiger partial charge >= 0.3 is 5.97 Å². The van der Waals surface area contributed by atoms with Crippen LogP contribution in [0.2, 0.25) is 0 Å². The number of carbonyl (C=O) groups is 1. The van der Waals surface area contributed by atoms with Crippen LogP contribution < -0.4 is 9.47 Å². The zero-order valence-corrected chi connectivity index (χ0v) is 18.4. The molecule has 0 aliphatic heterocycles. The van der Waals surface area contributed by atoms with Gasteiger partial charge in [-0.2, -0.15) is 0 Å². The molecule has 0 radical (unpaired) electrons. The number of aryl methyl sites for hydroxylation is 1. The molecule has 2 heterocycles. The molecular formula is C22H20N2O4S2. The first-order valence-corrected chi connectivity index (χ1v) is 10.9. The van der Waals surface area contributed by atoms with Crippen molar-refractivity contribution in [2.45, 2.75) is 20.0 Å². The number of hydrogen-bond donors (Lipinski definition) is 0. The van der Waals surface area contributed by atoms with Crippen LogP contribution in [0.5, 0.6) is 11.5 Å². The molecule has 30 heavy (non-hydrogen) atoms. The predicted octanol–water partition coefficient (Wildman–Crippen LogP) is 5.03. The van der Waals surface area contributed by atoms with Crippen molar-refractivity contribution in [1.82, 2.24) is 9.97 Å². The molecule has 0 fully saturated rings. The quantitative estimate of drug-likeness (QED) is 0.375. The summed E-state index contributed by atoms with van der Waals surface area (Å²) in [5, 5.41) is 0.797. The third-order valence-electron chi connectivity index (χ3n) is 4.63. The van der Waals surface area contributed by atoms with Gasteiger partial charge in [0.05, 0.1) is 47.6 Å². The van der Waals surface area contributed by atoms with Crippen molar-refractivity contribution in [3.05, 3.63) is 58.0 Å². The number of hydrogen-bond acceptors (Lipinski definition) is 8. The van der Waals surface area contributed by atoms with Crippen LogP contribution in [0.4, 0.5) is 0 Å². The normalized spacial score (nSPS) is 10.9. The first-order valence-electron chi connectivity index (χ1n) is 9.24. The van der Waals surface area contributed by atoms with Gasteiger partial charge in [-0.15, -0.1) is 22.7 Å². The minimum Gasteiger partial charge on any atom is -0.497 e. The van der Waals surface area contributed by atoms with Gasteiger partial charge in [0.1, 0.15) is 23.1 Å². The third-order valence-corrected chi connectivity index (χ3v) is 6.61. The summed E-state index contributed by atoms with van der Waals surface area (Å²) in [6.07, 6.45) is 0.185. The topological polar surface area (TPSA) is 70.5 Å². The van der Waals surface area contributed by atoms with Crippen molar-refractivity contribution in [2.75, 3.05) is 14.2 Å². The number of thiazole rings is 2. The number of ether oxygens (including phenoxy) is 3. The molecule has 8 heteroatoms. The molecule has 2 aromatic heterocycles. The molecule has 0 bridgehead atoms. The van der Waals surface area contributed by atoms with E-state index in [1.54, 1.807) is 25.6 Å². The van der Waals surface area contributed by atoms with Crippen molar-refractivity contribution >= 4 is 38.9 Å². The Bertz CT molecular complexity index is 1200. The summed E-state index contributed by atoms with van der Waals surface area (Å²) in [4.78, 5) is 22.2. The van der Waals surface area contributed by atoms with Crippen LogP contribution in [-0.4, -0.2) is 30.2 Å². The number of aromatic nitrogens is 2. The largest absolute Gasteiger partial charge is 0.497 e. The Morgan fingerprint density at radius 3 is 2.77 bits per heavy atom. The van der Waals surface area contributed by atoms with E-state index in [1.165, 1.54) is 11.3 Å². The van der Waals surface area contributed by atoms with Gasteiger partial charge in [-0.1, -0.05) is 6.07 Å². The van der Waals surface area contributed by atoms with E-state index in [-0.39, 0.29) is 19.0 Å². The van der Waals surface area contributed by atoms with Gasteiger partial charge in [0.15, 0.2) is 0 Å². The van der Waals surface area contributed by atoms with Crippen LogP contribution in [0.25, 0.3) is 20.8 Å². The molecule has 0 aliphatic carbocycles. The van der Waals surface area contributed by atoms with Crippen LogP contribution in [0.1, 0.15) is 16.1 Å². The van der Waals surface area contributed by atoms with Gasteiger partial charge in [0, 0.05) is 10.9 Å². The van der Waals surface area contributed by atoms with Crippen LogP contribution in [-0.2, 0) is 22.6 Å². The Morgan fingerprint density at radius 1 is 1.10 bits per heavy atom. The number of esters is 1. The van der Waals surface area contributed by atoms with Crippen LogP contribution in [0.15, 0.2) is 41.9 Å². The molecule has 0 amide bonds. The Labute approximate surface area is 182 Å². The summed E-state index contributed by atoms with van der Waals surface area (Å²) >= 11 is 3.04. The average Bonchev–Trinajstić information content (AvgIpc) is 3.37. The summed E-state index contributed by atoms with van der Waals surface area (Å²) in [6.45, 7) is 2.14. The molecule has 4 aromatic rings. The highest BCUT2D eigenvalue weighted by Gasteiger charge is 2.17. The number of carbonyl (C=O) groups excluding carboxylic acids is 1. The Kier molecular flexibility index (Phi) is 5.96. The molecular weight excluding hydrogens is 420 g/mol. The van der Waals surface area contributed by atoms with E-state index in [2.05, 4.69) is 9.97 Å². The highest BCUT2D eigenvalue weighted by Crippen LogP contribution is 2.36. The molecule has 6 nitrogen and oxygen atoms in total. The Hall–Kier alpha value is -2.97. The molecule has 0 atom stereocenters. The lowest BCUT2D eigenvalue weighted by atomic mass is 10.2. The summed E-state index contributed by atoms with van der Waals surface area (Å²) < 4.78 is 17.3. The summed E-state index contributed by atoms with van der Waals surface area (Å²) in [5.41, 5.74) is 5.39. The lowest BCUT2D eigenvalue weighted by molar-refractivity contribution is -0.144. The SMILES string of the molecule is COc1ccc(-c2nc(C)c(CC(=O)OCc3ccc4ncsc4c3)s2)c(OC)c1. The first kappa shape index (κ1) is 20.3. The lowest BCUT2D eigenvalue weighted by Gasteiger charge is -2.08. The number of fused-ring (bicyclic) bond motifs is 1. The monoisotopic (exact) mass is 440 g/mol. The van der Waals surface area contributed by atoms with Gasteiger partial charge in [-0.25, -0.2) is 9.97 Å². The van der Waals surface area contributed by atoms with Crippen molar-refractivity contribution in [3.63, 3.8) is 0 Å². The molecule has 2 aromatic carbocycles. The predicted molar refractivity (Wildman–Crippen MR) is 119 cm³/mol. The van der Waals surface area contributed by atoms with E-state index in [0.717, 1.165) is 36.9 Å². The maximum atomic E-state index is 12.4. The number of nitrogens with zero attached hydrogens (tertiary/aromatic N) is 2. The van der Waals surface area contributed by atoms with E-state index in [1.807, 2.05) is 48.8 Å².